The molecule has 0 radical (unpaired) electrons. The van der Waals surface area contributed by atoms with Crippen molar-refractivity contribution in [2.45, 2.75) is 12.8 Å². The van der Waals surface area contributed by atoms with Gasteiger partial charge in [-0.1, -0.05) is 49.0 Å². The van der Waals surface area contributed by atoms with Gasteiger partial charge in [0.2, 0.25) is 0 Å². The van der Waals surface area contributed by atoms with Crippen LogP contribution in [0.25, 0.3) is 5.70 Å². The maximum atomic E-state index is 5.54. The summed E-state index contributed by atoms with van der Waals surface area (Å²) in [4.78, 5) is 7.21. The van der Waals surface area contributed by atoms with E-state index in [-0.39, 0.29) is 0 Å². The number of fused-ring (bicyclic) bond motifs is 2. The van der Waals surface area contributed by atoms with Crippen LogP contribution in [0.2, 0.25) is 0 Å². The second kappa shape index (κ2) is 5.78. The molecule has 0 aromatic heterocycles. The lowest BCUT2D eigenvalue weighted by Crippen LogP contribution is -2.26. The van der Waals surface area contributed by atoms with Crippen LogP contribution in [0.3, 0.4) is 0 Å². The first-order chi connectivity index (χ1) is 11.3. The molecule has 0 fully saturated rings. The summed E-state index contributed by atoms with van der Waals surface area (Å²) < 4.78 is 5.54. The standard InChI is InChI=1S/C19H18N2OS/c1-13-11-21-17(15-8-4-6-10-18(15)22-2)12-23-19(21)20-16-9-5-3-7-14(13)16/h3-10,12-13H,11H2,1-2H3. The van der Waals surface area contributed by atoms with Crippen LogP contribution in [0, 0.1) is 0 Å². The first-order valence-corrected chi connectivity index (χ1v) is 8.61. The molecule has 116 valence electrons. The smallest absolute Gasteiger partial charge is 0.173 e. The third kappa shape index (κ3) is 2.43. The molecule has 3 nitrogen and oxygen atoms in total. The number of methoxy groups -OCH3 is 1. The average molecular weight is 322 g/mol. The van der Waals surface area contributed by atoms with Gasteiger partial charge in [0.25, 0.3) is 0 Å². The number of para-hydroxylation sites is 2. The number of amidine groups is 1. The van der Waals surface area contributed by atoms with Gasteiger partial charge >= 0.3 is 0 Å². The molecule has 0 N–H and O–H groups in total. The molecule has 2 aromatic carbocycles. The van der Waals surface area contributed by atoms with Crippen molar-refractivity contribution in [3.8, 4) is 5.75 Å². The van der Waals surface area contributed by atoms with Gasteiger partial charge in [-0.2, -0.15) is 0 Å². The van der Waals surface area contributed by atoms with Gasteiger partial charge in [-0.25, -0.2) is 4.99 Å². The van der Waals surface area contributed by atoms with E-state index in [1.165, 1.54) is 11.3 Å². The second-order valence-corrected chi connectivity index (χ2v) is 6.62. The normalized spacial score (nSPS) is 19.4. The fraction of sp³-hybridized carbons (Fsp3) is 0.211. The molecule has 23 heavy (non-hydrogen) atoms. The summed E-state index contributed by atoms with van der Waals surface area (Å²) in [5.41, 5.74) is 4.69. The highest BCUT2D eigenvalue weighted by molar-refractivity contribution is 8.16. The number of hydrogen-bond donors (Lipinski definition) is 0. The van der Waals surface area contributed by atoms with E-state index in [2.05, 4.69) is 53.6 Å². The first kappa shape index (κ1) is 14.4. The molecule has 2 aliphatic rings. The van der Waals surface area contributed by atoms with Crippen molar-refractivity contribution >= 4 is 28.3 Å². The summed E-state index contributed by atoms with van der Waals surface area (Å²) >= 11 is 1.69. The Morgan fingerprint density at radius 3 is 2.78 bits per heavy atom. The first-order valence-electron chi connectivity index (χ1n) is 7.73. The Balaban J connectivity index is 1.76. The van der Waals surface area contributed by atoms with Crippen LogP contribution in [-0.2, 0) is 0 Å². The molecule has 2 heterocycles. The van der Waals surface area contributed by atoms with Gasteiger partial charge in [-0.05, 0) is 23.8 Å². The highest BCUT2D eigenvalue weighted by Crippen LogP contribution is 2.42. The lowest BCUT2D eigenvalue weighted by molar-refractivity contribution is 0.411. The molecule has 0 saturated carbocycles. The molecule has 2 aromatic rings. The summed E-state index contributed by atoms with van der Waals surface area (Å²) in [6.07, 6.45) is 0. The van der Waals surface area contributed by atoms with E-state index in [1.807, 2.05) is 12.1 Å². The molecule has 0 bridgehead atoms. The molecule has 4 rings (SSSR count). The van der Waals surface area contributed by atoms with Crippen LogP contribution >= 0.6 is 11.8 Å². The molecule has 4 heteroatoms. The van der Waals surface area contributed by atoms with Gasteiger partial charge in [-0.3, -0.25) is 0 Å². The van der Waals surface area contributed by atoms with Crippen LogP contribution in [0.5, 0.6) is 5.75 Å². The van der Waals surface area contributed by atoms with E-state index in [9.17, 15) is 0 Å². The lowest BCUT2D eigenvalue weighted by atomic mass is 9.99. The second-order valence-electron chi connectivity index (χ2n) is 5.79. The third-order valence-electron chi connectivity index (χ3n) is 4.32. The Morgan fingerprint density at radius 2 is 1.91 bits per heavy atom. The number of hydrogen-bond acceptors (Lipinski definition) is 4. The van der Waals surface area contributed by atoms with Crippen LogP contribution in [0.4, 0.5) is 5.69 Å². The summed E-state index contributed by atoms with van der Waals surface area (Å²) in [6.45, 7) is 3.19. The monoisotopic (exact) mass is 322 g/mol. The van der Waals surface area contributed by atoms with E-state index in [4.69, 9.17) is 9.73 Å². The van der Waals surface area contributed by atoms with Crippen molar-refractivity contribution in [2.75, 3.05) is 13.7 Å². The quantitative estimate of drug-likeness (QED) is 0.790. The highest BCUT2D eigenvalue weighted by atomic mass is 32.2. The summed E-state index contributed by atoms with van der Waals surface area (Å²) in [5, 5.41) is 3.22. The number of ether oxygens (including phenoxy) is 1. The topological polar surface area (TPSA) is 24.8 Å². The predicted octanol–water partition coefficient (Wildman–Crippen LogP) is 4.85. The SMILES string of the molecule is COc1ccccc1C1=CSC2=Nc3ccccc3C(C)CN12. The van der Waals surface area contributed by atoms with Crippen molar-refractivity contribution < 1.29 is 4.74 Å². The van der Waals surface area contributed by atoms with Crippen LogP contribution in [0.15, 0.2) is 58.9 Å². The van der Waals surface area contributed by atoms with Crippen molar-refractivity contribution in [3.05, 3.63) is 65.1 Å². The fourth-order valence-corrected chi connectivity index (χ4v) is 4.07. The number of benzene rings is 2. The van der Waals surface area contributed by atoms with E-state index in [1.54, 1.807) is 18.9 Å². The minimum Gasteiger partial charge on any atom is -0.496 e. The zero-order chi connectivity index (χ0) is 15.8. The Hall–Kier alpha value is -2.20. The number of nitrogens with zero attached hydrogens (tertiary/aromatic N) is 2. The Labute approximate surface area is 140 Å². The third-order valence-corrected chi connectivity index (χ3v) is 5.18. The average Bonchev–Trinajstić information content (AvgIpc) is 2.91. The number of aliphatic imine (C=N–C) groups is 1. The molecule has 2 aliphatic heterocycles. The lowest BCUT2D eigenvalue weighted by Gasteiger charge is -2.24. The molecule has 1 unspecified atom stereocenters. The predicted molar refractivity (Wildman–Crippen MR) is 97.2 cm³/mol. The Kier molecular flexibility index (Phi) is 3.62. The molecule has 1 atom stereocenters. The fourth-order valence-electron chi connectivity index (χ4n) is 3.15. The minimum absolute atomic E-state index is 0.421. The van der Waals surface area contributed by atoms with Crippen molar-refractivity contribution in [1.29, 1.82) is 0 Å². The molecule has 0 saturated heterocycles. The minimum atomic E-state index is 0.421. The number of thioether (sulfide) groups is 1. The van der Waals surface area contributed by atoms with Crippen LogP contribution in [-0.4, -0.2) is 23.7 Å². The summed E-state index contributed by atoms with van der Waals surface area (Å²) in [7, 11) is 1.72. The molecular formula is C19H18N2OS. The Bertz CT molecular complexity index is 813. The van der Waals surface area contributed by atoms with Crippen molar-refractivity contribution in [3.63, 3.8) is 0 Å². The van der Waals surface area contributed by atoms with E-state index < -0.39 is 0 Å². The molecule has 0 spiro atoms. The molecular weight excluding hydrogens is 304 g/mol. The maximum Gasteiger partial charge on any atom is 0.173 e. The van der Waals surface area contributed by atoms with Crippen LogP contribution < -0.4 is 4.74 Å². The largest absolute Gasteiger partial charge is 0.496 e. The van der Waals surface area contributed by atoms with E-state index in [0.29, 0.717) is 5.92 Å². The van der Waals surface area contributed by atoms with Crippen molar-refractivity contribution in [2.24, 2.45) is 4.99 Å². The van der Waals surface area contributed by atoms with Gasteiger partial charge in [0.15, 0.2) is 5.17 Å². The van der Waals surface area contributed by atoms with Gasteiger partial charge in [0, 0.05) is 23.4 Å². The van der Waals surface area contributed by atoms with Crippen molar-refractivity contribution in [1.82, 2.24) is 4.90 Å². The molecule has 0 amide bonds. The zero-order valence-electron chi connectivity index (χ0n) is 13.2. The highest BCUT2D eigenvalue weighted by Gasteiger charge is 2.30. The summed E-state index contributed by atoms with van der Waals surface area (Å²) in [6, 6.07) is 16.6. The Morgan fingerprint density at radius 1 is 1.13 bits per heavy atom. The van der Waals surface area contributed by atoms with E-state index in [0.717, 1.165) is 28.7 Å². The molecule has 0 aliphatic carbocycles. The van der Waals surface area contributed by atoms with Gasteiger partial charge in [0.05, 0.1) is 18.5 Å². The van der Waals surface area contributed by atoms with Gasteiger partial charge in [-0.15, -0.1) is 0 Å². The van der Waals surface area contributed by atoms with E-state index >= 15 is 0 Å². The zero-order valence-corrected chi connectivity index (χ0v) is 14.0. The van der Waals surface area contributed by atoms with Crippen LogP contribution in [0.1, 0.15) is 24.0 Å². The maximum absolute atomic E-state index is 5.54. The van der Waals surface area contributed by atoms with Gasteiger partial charge in [0.1, 0.15) is 5.75 Å². The van der Waals surface area contributed by atoms with Gasteiger partial charge < -0.3 is 9.64 Å². The summed E-state index contributed by atoms with van der Waals surface area (Å²) in [5.74, 6) is 1.32. The number of rotatable bonds is 2.